The van der Waals surface area contributed by atoms with E-state index in [9.17, 15) is 5.11 Å². The molecule has 0 bridgehead atoms. The minimum Gasteiger partial charge on any atom is -0.489 e. The molecule has 1 fully saturated rings. The van der Waals surface area contributed by atoms with Gasteiger partial charge in [0.05, 0.1) is 18.2 Å². The number of aromatic nitrogens is 1. The molecular weight excluding hydrogens is 304 g/mol. The lowest BCUT2D eigenvalue weighted by Gasteiger charge is -2.28. The SMILES string of the molecule is OC(COc1ccc(Cl)c2cccnc12)CN1CCOCC1. The van der Waals surface area contributed by atoms with Crippen LogP contribution in [-0.4, -0.2) is 60.5 Å². The van der Waals surface area contributed by atoms with Crippen LogP contribution < -0.4 is 4.74 Å². The van der Waals surface area contributed by atoms with Crippen molar-refractivity contribution in [2.75, 3.05) is 39.5 Å². The molecule has 6 heteroatoms. The first-order chi connectivity index (χ1) is 10.7. The molecule has 118 valence electrons. The van der Waals surface area contributed by atoms with E-state index in [-0.39, 0.29) is 6.61 Å². The van der Waals surface area contributed by atoms with Gasteiger partial charge >= 0.3 is 0 Å². The molecule has 22 heavy (non-hydrogen) atoms. The summed E-state index contributed by atoms with van der Waals surface area (Å²) in [5, 5.41) is 11.6. The van der Waals surface area contributed by atoms with Crippen LogP contribution in [0.1, 0.15) is 0 Å². The van der Waals surface area contributed by atoms with Gasteiger partial charge in [0.1, 0.15) is 24.0 Å². The summed E-state index contributed by atoms with van der Waals surface area (Å²) in [6.45, 7) is 3.95. The molecule has 1 saturated heterocycles. The number of pyridine rings is 1. The van der Waals surface area contributed by atoms with Crippen LogP contribution in [0.4, 0.5) is 0 Å². The molecule has 1 aliphatic heterocycles. The quantitative estimate of drug-likeness (QED) is 0.912. The third-order valence-electron chi connectivity index (χ3n) is 3.68. The van der Waals surface area contributed by atoms with Gasteiger partial charge in [-0.3, -0.25) is 9.88 Å². The molecule has 1 atom stereocenters. The molecule has 2 aromatic rings. The molecule has 3 rings (SSSR count). The van der Waals surface area contributed by atoms with Crippen LogP contribution in [-0.2, 0) is 4.74 Å². The molecule has 0 amide bonds. The minimum absolute atomic E-state index is 0.227. The Kier molecular flexibility index (Phi) is 5.10. The highest BCUT2D eigenvalue weighted by molar-refractivity contribution is 6.35. The van der Waals surface area contributed by atoms with Gasteiger partial charge in [-0.1, -0.05) is 11.6 Å². The first-order valence-corrected chi connectivity index (χ1v) is 7.76. The van der Waals surface area contributed by atoms with Crippen molar-refractivity contribution in [1.82, 2.24) is 9.88 Å². The summed E-state index contributed by atoms with van der Waals surface area (Å²) in [6.07, 6.45) is 1.16. The summed E-state index contributed by atoms with van der Waals surface area (Å²) >= 11 is 6.16. The Labute approximate surface area is 134 Å². The lowest BCUT2D eigenvalue weighted by Crippen LogP contribution is -2.42. The molecule has 1 unspecified atom stereocenters. The number of hydrogen-bond acceptors (Lipinski definition) is 5. The highest BCUT2D eigenvalue weighted by Gasteiger charge is 2.16. The Morgan fingerprint density at radius 1 is 1.32 bits per heavy atom. The van der Waals surface area contributed by atoms with E-state index in [4.69, 9.17) is 21.1 Å². The summed E-state index contributed by atoms with van der Waals surface area (Å²) < 4.78 is 11.0. The van der Waals surface area contributed by atoms with E-state index in [1.807, 2.05) is 12.1 Å². The maximum Gasteiger partial charge on any atom is 0.145 e. The van der Waals surface area contributed by atoms with Crippen molar-refractivity contribution in [2.45, 2.75) is 6.10 Å². The van der Waals surface area contributed by atoms with E-state index in [0.29, 0.717) is 22.8 Å². The lowest BCUT2D eigenvalue weighted by atomic mass is 10.2. The van der Waals surface area contributed by atoms with Crippen LogP contribution in [0, 0.1) is 0 Å². The second kappa shape index (κ2) is 7.24. The van der Waals surface area contributed by atoms with E-state index in [1.54, 1.807) is 18.3 Å². The lowest BCUT2D eigenvalue weighted by molar-refractivity contribution is 0.00478. The van der Waals surface area contributed by atoms with Crippen LogP contribution in [0.25, 0.3) is 10.9 Å². The maximum atomic E-state index is 10.1. The predicted molar refractivity (Wildman–Crippen MR) is 85.5 cm³/mol. The largest absolute Gasteiger partial charge is 0.489 e. The molecule has 1 aromatic carbocycles. The Bertz CT molecular complexity index is 632. The number of rotatable bonds is 5. The van der Waals surface area contributed by atoms with Crippen molar-refractivity contribution in [3.8, 4) is 5.75 Å². The van der Waals surface area contributed by atoms with Crippen LogP contribution in [0.3, 0.4) is 0 Å². The first kappa shape index (κ1) is 15.5. The van der Waals surface area contributed by atoms with Crippen molar-refractivity contribution in [2.24, 2.45) is 0 Å². The molecular formula is C16H19ClN2O3. The fourth-order valence-electron chi connectivity index (χ4n) is 2.55. The number of hydrogen-bond donors (Lipinski definition) is 1. The van der Waals surface area contributed by atoms with Crippen molar-refractivity contribution in [3.05, 3.63) is 35.5 Å². The molecule has 0 saturated carbocycles. The molecule has 1 aliphatic rings. The van der Waals surface area contributed by atoms with Gasteiger partial charge < -0.3 is 14.6 Å². The number of aliphatic hydroxyl groups excluding tert-OH is 1. The van der Waals surface area contributed by atoms with E-state index < -0.39 is 6.10 Å². The standard InChI is InChI=1S/C16H19ClN2O3/c17-14-3-4-15(16-13(14)2-1-5-18-16)22-11-12(20)10-19-6-8-21-9-7-19/h1-5,12,20H,6-11H2. The van der Waals surface area contributed by atoms with Gasteiger partial charge in [0.15, 0.2) is 0 Å². The summed E-state index contributed by atoms with van der Waals surface area (Å²) in [7, 11) is 0. The number of benzene rings is 1. The van der Waals surface area contributed by atoms with Crippen LogP contribution in [0.5, 0.6) is 5.75 Å². The topological polar surface area (TPSA) is 54.8 Å². The molecule has 0 spiro atoms. The van der Waals surface area contributed by atoms with Crippen molar-refractivity contribution < 1.29 is 14.6 Å². The first-order valence-electron chi connectivity index (χ1n) is 7.38. The van der Waals surface area contributed by atoms with Crippen molar-refractivity contribution in [3.63, 3.8) is 0 Å². The Balaban J connectivity index is 1.62. The summed E-state index contributed by atoms with van der Waals surface area (Å²) in [4.78, 5) is 6.49. The van der Waals surface area contributed by atoms with E-state index in [2.05, 4.69) is 9.88 Å². The third-order valence-corrected chi connectivity index (χ3v) is 4.01. The van der Waals surface area contributed by atoms with Gasteiger partial charge in [-0.25, -0.2) is 0 Å². The Morgan fingerprint density at radius 2 is 2.14 bits per heavy atom. The third kappa shape index (κ3) is 3.67. The Morgan fingerprint density at radius 3 is 2.95 bits per heavy atom. The fourth-order valence-corrected chi connectivity index (χ4v) is 2.76. The second-order valence-corrected chi connectivity index (χ2v) is 5.73. The van der Waals surface area contributed by atoms with Crippen LogP contribution in [0.15, 0.2) is 30.5 Å². The van der Waals surface area contributed by atoms with Gasteiger partial charge in [-0.15, -0.1) is 0 Å². The second-order valence-electron chi connectivity index (χ2n) is 5.32. The number of fused-ring (bicyclic) bond motifs is 1. The molecule has 2 heterocycles. The normalized spacial score (nSPS) is 17.5. The Hall–Kier alpha value is -1.40. The van der Waals surface area contributed by atoms with E-state index in [1.165, 1.54) is 0 Å². The molecule has 0 radical (unpaired) electrons. The van der Waals surface area contributed by atoms with Crippen molar-refractivity contribution >= 4 is 22.5 Å². The van der Waals surface area contributed by atoms with Crippen molar-refractivity contribution in [1.29, 1.82) is 0 Å². The molecule has 5 nitrogen and oxygen atoms in total. The average Bonchev–Trinajstić information content (AvgIpc) is 2.55. The zero-order valence-electron chi connectivity index (χ0n) is 12.2. The number of β-amino-alcohol motifs (C(OH)–C–C–N with tert-alkyl or cyclic N) is 1. The van der Waals surface area contributed by atoms with Gasteiger partial charge in [-0.05, 0) is 24.3 Å². The number of ether oxygens (including phenoxy) is 2. The molecule has 0 aliphatic carbocycles. The van der Waals surface area contributed by atoms with Gasteiger partial charge in [0.2, 0.25) is 0 Å². The highest BCUT2D eigenvalue weighted by Crippen LogP contribution is 2.29. The number of aliphatic hydroxyl groups is 1. The molecule has 1 N–H and O–H groups in total. The zero-order chi connectivity index (χ0) is 15.4. The van der Waals surface area contributed by atoms with E-state index in [0.717, 1.165) is 31.7 Å². The number of halogens is 1. The van der Waals surface area contributed by atoms with E-state index >= 15 is 0 Å². The average molecular weight is 323 g/mol. The monoisotopic (exact) mass is 322 g/mol. The minimum atomic E-state index is -0.549. The zero-order valence-corrected chi connectivity index (χ0v) is 13.0. The summed E-state index contributed by atoms with van der Waals surface area (Å²) in [5.41, 5.74) is 0.716. The van der Waals surface area contributed by atoms with Gasteiger partial charge in [-0.2, -0.15) is 0 Å². The predicted octanol–water partition coefficient (Wildman–Crippen LogP) is 1.96. The fraction of sp³-hybridized carbons (Fsp3) is 0.438. The number of nitrogens with zero attached hydrogens (tertiary/aromatic N) is 2. The molecule has 1 aromatic heterocycles. The highest BCUT2D eigenvalue weighted by atomic mass is 35.5. The van der Waals surface area contributed by atoms with Crippen LogP contribution in [0.2, 0.25) is 5.02 Å². The maximum absolute atomic E-state index is 10.1. The summed E-state index contributed by atoms with van der Waals surface area (Å²) in [6, 6.07) is 7.32. The van der Waals surface area contributed by atoms with Gasteiger partial charge in [0.25, 0.3) is 0 Å². The van der Waals surface area contributed by atoms with Crippen LogP contribution >= 0.6 is 11.6 Å². The number of morpholine rings is 1. The smallest absolute Gasteiger partial charge is 0.145 e. The summed E-state index contributed by atoms with van der Waals surface area (Å²) in [5.74, 6) is 0.640. The van der Waals surface area contributed by atoms with Gasteiger partial charge in [0, 0.05) is 31.2 Å².